The van der Waals surface area contributed by atoms with Gasteiger partial charge in [-0.1, -0.05) is 0 Å². The minimum Gasteiger partial charge on any atom is -0.356 e. The maximum atomic E-state index is 11.8. The molecule has 0 amide bonds. The van der Waals surface area contributed by atoms with Gasteiger partial charge >= 0.3 is 0 Å². The van der Waals surface area contributed by atoms with Crippen molar-refractivity contribution in [3.63, 3.8) is 0 Å². The van der Waals surface area contributed by atoms with Crippen molar-refractivity contribution in [3.8, 4) is 5.82 Å². The van der Waals surface area contributed by atoms with E-state index in [1.165, 1.54) is 4.68 Å². The summed E-state index contributed by atoms with van der Waals surface area (Å²) < 4.78 is 3.11. The van der Waals surface area contributed by atoms with Crippen LogP contribution < -0.4 is 10.5 Å². The predicted octanol–water partition coefficient (Wildman–Crippen LogP) is 0.324. The van der Waals surface area contributed by atoms with E-state index in [0.29, 0.717) is 11.8 Å². The highest BCUT2D eigenvalue weighted by molar-refractivity contribution is 5.44. The first-order chi connectivity index (χ1) is 13.7. The van der Waals surface area contributed by atoms with E-state index in [4.69, 9.17) is 0 Å². The average Bonchev–Trinajstić information content (AvgIpc) is 3.41. The van der Waals surface area contributed by atoms with E-state index in [2.05, 4.69) is 30.0 Å². The Morgan fingerprint density at radius 1 is 1.04 bits per heavy atom. The maximum absolute atomic E-state index is 11.8. The summed E-state index contributed by atoms with van der Waals surface area (Å²) >= 11 is 0. The Morgan fingerprint density at radius 3 is 2.54 bits per heavy atom. The molecule has 9 nitrogen and oxygen atoms in total. The second-order valence-corrected chi connectivity index (χ2v) is 7.63. The molecular formula is C19H22N8O. The molecule has 2 atom stereocenters. The molecule has 2 aliphatic rings. The van der Waals surface area contributed by atoms with Gasteiger partial charge in [0.05, 0.1) is 6.20 Å². The lowest BCUT2D eigenvalue weighted by Gasteiger charge is -2.22. The summed E-state index contributed by atoms with van der Waals surface area (Å²) in [7, 11) is 1.67. The van der Waals surface area contributed by atoms with E-state index in [1.807, 2.05) is 18.3 Å². The highest BCUT2D eigenvalue weighted by Gasteiger charge is 2.40. The molecule has 9 heteroatoms. The molecule has 0 radical (unpaired) electrons. The number of aromatic nitrogens is 6. The SMILES string of the molecule is Cn1ncc(CN2CC3CN(c4cc(-n5cccn5)ncn4)CC3C2)cc1=O. The van der Waals surface area contributed by atoms with Crippen molar-refractivity contribution < 1.29 is 0 Å². The number of fused-ring (bicyclic) bond motifs is 1. The van der Waals surface area contributed by atoms with Gasteiger partial charge in [-0.25, -0.2) is 19.3 Å². The Kier molecular flexibility index (Phi) is 4.16. The average molecular weight is 378 g/mol. The second-order valence-electron chi connectivity index (χ2n) is 7.63. The van der Waals surface area contributed by atoms with E-state index in [9.17, 15) is 4.79 Å². The van der Waals surface area contributed by atoms with E-state index < -0.39 is 0 Å². The van der Waals surface area contributed by atoms with E-state index >= 15 is 0 Å². The van der Waals surface area contributed by atoms with Crippen LogP contribution >= 0.6 is 0 Å². The summed E-state index contributed by atoms with van der Waals surface area (Å²) in [4.78, 5) is 25.4. The molecule has 0 spiro atoms. The second kappa shape index (κ2) is 6.83. The third-order valence-corrected chi connectivity index (χ3v) is 5.69. The molecule has 0 aliphatic carbocycles. The number of hydrogen-bond donors (Lipinski definition) is 0. The molecule has 2 aliphatic heterocycles. The first kappa shape index (κ1) is 17.1. The lowest BCUT2D eigenvalue weighted by Crippen LogP contribution is -2.30. The first-order valence-corrected chi connectivity index (χ1v) is 9.47. The molecule has 2 saturated heterocycles. The zero-order valence-electron chi connectivity index (χ0n) is 15.7. The molecule has 5 heterocycles. The molecule has 2 fully saturated rings. The van der Waals surface area contributed by atoms with E-state index in [1.54, 1.807) is 36.5 Å². The Morgan fingerprint density at radius 2 is 1.82 bits per heavy atom. The largest absolute Gasteiger partial charge is 0.356 e. The van der Waals surface area contributed by atoms with Crippen molar-refractivity contribution in [1.29, 1.82) is 0 Å². The van der Waals surface area contributed by atoms with E-state index in [0.717, 1.165) is 49.9 Å². The number of nitrogens with zero attached hydrogens (tertiary/aromatic N) is 8. The minimum atomic E-state index is -0.0557. The fraction of sp³-hybridized carbons (Fsp3) is 0.421. The van der Waals surface area contributed by atoms with Gasteiger partial charge in [0.15, 0.2) is 5.82 Å². The van der Waals surface area contributed by atoms with Crippen LogP contribution in [-0.2, 0) is 13.6 Å². The van der Waals surface area contributed by atoms with Crippen LogP contribution in [0.1, 0.15) is 5.56 Å². The Labute approximate surface area is 162 Å². The van der Waals surface area contributed by atoms with Crippen LogP contribution in [0.2, 0.25) is 0 Å². The third-order valence-electron chi connectivity index (χ3n) is 5.69. The molecule has 0 bridgehead atoms. The van der Waals surface area contributed by atoms with Gasteiger partial charge in [0.2, 0.25) is 0 Å². The molecule has 5 rings (SSSR count). The Balaban J connectivity index is 1.24. The molecular weight excluding hydrogens is 356 g/mol. The van der Waals surface area contributed by atoms with Gasteiger partial charge in [0.25, 0.3) is 5.56 Å². The van der Waals surface area contributed by atoms with Gasteiger partial charge in [-0.15, -0.1) is 0 Å². The molecule has 144 valence electrons. The predicted molar refractivity (Wildman–Crippen MR) is 103 cm³/mol. The van der Waals surface area contributed by atoms with Crippen molar-refractivity contribution in [2.75, 3.05) is 31.1 Å². The molecule has 0 aromatic carbocycles. The van der Waals surface area contributed by atoms with Crippen LogP contribution in [0.25, 0.3) is 5.82 Å². The molecule has 28 heavy (non-hydrogen) atoms. The van der Waals surface area contributed by atoms with Crippen LogP contribution in [-0.4, -0.2) is 60.6 Å². The lowest BCUT2D eigenvalue weighted by molar-refractivity contribution is 0.307. The number of aryl methyl sites for hydroxylation is 1. The summed E-state index contributed by atoms with van der Waals surface area (Å²) in [5, 5.41) is 8.37. The zero-order valence-corrected chi connectivity index (χ0v) is 15.7. The maximum Gasteiger partial charge on any atom is 0.266 e. The smallest absolute Gasteiger partial charge is 0.266 e. The fourth-order valence-corrected chi connectivity index (χ4v) is 4.30. The molecule has 3 aromatic heterocycles. The molecule has 3 aromatic rings. The fourth-order valence-electron chi connectivity index (χ4n) is 4.30. The quantitative estimate of drug-likeness (QED) is 0.646. The minimum absolute atomic E-state index is 0.0557. The van der Waals surface area contributed by atoms with Crippen LogP contribution in [0.5, 0.6) is 0 Å². The van der Waals surface area contributed by atoms with Crippen molar-refractivity contribution in [3.05, 3.63) is 59.0 Å². The molecule has 2 unspecified atom stereocenters. The summed E-state index contributed by atoms with van der Waals surface area (Å²) in [6, 6.07) is 5.57. The Bertz CT molecular complexity index is 1020. The van der Waals surface area contributed by atoms with Crippen LogP contribution in [0.15, 0.2) is 47.9 Å². The standard InChI is InChI=1S/C19H22N8O/c1-24-19(28)5-14(7-23-24)8-25-9-15-11-26(12-16(15)10-25)17-6-18(21-13-20-17)27-4-2-3-22-27/h2-7,13,15-16H,8-12H2,1H3. The number of hydrogen-bond acceptors (Lipinski definition) is 7. The summed E-state index contributed by atoms with van der Waals surface area (Å²) in [5.41, 5.74) is 0.930. The van der Waals surface area contributed by atoms with Gasteiger partial charge in [-0.3, -0.25) is 9.69 Å². The van der Waals surface area contributed by atoms with Crippen molar-refractivity contribution in [2.45, 2.75) is 6.54 Å². The van der Waals surface area contributed by atoms with Gasteiger partial charge in [-0.2, -0.15) is 10.2 Å². The van der Waals surface area contributed by atoms with Crippen LogP contribution in [0.4, 0.5) is 5.82 Å². The number of anilines is 1. The van der Waals surface area contributed by atoms with Gasteiger partial charge in [0.1, 0.15) is 12.1 Å². The monoisotopic (exact) mass is 378 g/mol. The van der Waals surface area contributed by atoms with Crippen LogP contribution in [0.3, 0.4) is 0 Å². The van der Waals surface area contributed by atoms with Gasteiger partial charge in [0, 0.05) is 64.3 Å². The topological polar surface area (TPSA) is 85.0 Å². The first-order valence-electron chi connectivity index (χ1n) is 9.47. The van der Waals surface area contributed by atoms with Gasteiger partial charge < -0.3 is 4.90 Å². The summed E-state index contributed by atoms with van der Waals surface area (Å²) in [6.45, 7) is 4.84. The van der Waals surface area contributed by atoms with Crippen molar-refractivity contribution in [1.82, 2.24) is 34.4 Å². The normalized spacial score (nSPS) is 22.0. The summed E-state index contributed by atoms with van der Waals surface area (Å²) in [6.07, 6.45) is 7.03. The third kappa shape index (κ3) is 3.18. The highest BCUT2D eigenvalue weighted by Crippen LogP contribution is 2.34. The van der Waals surface area contributed by atoms with Crippen molar-refractivity contribution >= 4 is 5.82 Å². The highest BCUT2D eigenvalue weighted by atomic mass is 16.1. The van der Waals surface area contributed by atoms with Crippen LogP contribution in [0, 0.1) is 11.8 Å². The van der Waals surface area contributed by atoms with E-state index in [-0.39, 0.29) is 5.56 Å². The Hall–Kier alpha value is -3.07. The number of likely N-dealkylation sites (tertiary alicyclic amines) is 1. The molecule has 0 saturated carbocycles. The number of rotatable bonds is 4. The van der Waals surface area contributed by atoms with Gasteiger partial charge in [-0.05, 0) is 23.5 Å². The summed E-state index contributed by atoms with van der Waals surface area (Å²) in [5.74, 6) is 2.97. The zero-order chi connectivity index (χ0) is 19.1. The lowest BCUT2D eigenvalue weighted by atomic mass is 10.0. The molecule has 0 N–H and O–H groups in total. The van der Waals surface area contributed by atoms with Crippen molar-refractivity contribution in [2.24, 2.45) is 18.9 Å².